The molecule has 2 aromatic rings. The number of nitrogens with two attached hydrogens (primary N) is 1. The molecule has 0 bridgehead atoms. The van der Waals surface area contributed by atoms with Crippen molar-refractivity contribution in [2.24, 2.45) is 12.8 Å². The number of para-hydroxylation sites is 1. The van der Waals surface area contributed by atoms with Gasteiger partial charge in [-0.25, -0.2) is 0 Å². The van der Waals surface area contributed by atoms with Crippen LogP contribution in [0.3, 0.4) is 0 Å². The lowest BCUT2D eigenvalue weighted by Gasteiger charge is -1.95. The normalized spacial score (nSPS) is 10.9. The molecule has 0 fully saturated rings. The van der Waals surface area contributed by atoms with E-state index in [4.69, 9.17) is 5.73 Å². The second-order valence-corrected chi connectivity index (χ2v) is 3.84. The minimum absolute atomic E-state index is 0.145. The van der Waals surface area contributed by atoms with E-state index in [0.29, 0.717) is 19.4 Å². The van der Waals surface area contributed by atoms with Crippen molar-refractivity contribution in [2.45, 2.75) is 12.8 Å². The van der Waals surface area contributed by atoms with Gasteiger partial charge in [-0.15, -0.1) is 0 Å². The molecule has 0 spiro atoms. The lowest BCUT2D eigenvalue weighted by molar-refractivity contribution is -0.118. The summed E-state index contributed by atoms with van der Waals surface area (Å²) in [4.78, 5) is 11.5. The lowest BCUT2D eigenvalue weighted by atomic mass is 10.1. The van der Waals surface area contributed by atoms with Crippen molar-refractivity contribution >= 4 is 16.7 Å². The van der Waals surface area contributed by atoms with E-state index in [1.54, 1.807) is 4.68 Å². The van der Waals surface area contributed by atoms with Gasteiger partial charge in [0.05, 0.1) is 17.6 Å². The summed E-state index contributed by atoms with van der Waals surface area (Å²) in [5.74, 6) is 0.145. The first-order valence-electron chi connectivity index (χ1n) is 5.34. The fraction of sp³-hybridized carbons (Fsp3) is 0.333. The van der Waals surface area contributed by atoms with Crippen molar-refractivity contribution in [3.05, 3.63) is 30.0 Å². The van der Waals surface area contributed by atoms with Crippen LogP contribution in [-0.4, -0.2) is 22.1 Å². The van der Waals surface area contributed by atoms with Crippen LogP contribution >= 0.6 is 0 Å². The number of Topliss-reactive ketones (excluding diaryl/α,β-unsaturated/α-hetero) is 1. The molecule has 0 aliphatic carbocycles. The van der Waals surface area contributed by atoms with Crippen LogP contribution < -0.4 is 5.73 Å². The van der Waals surface area contributed by atoms with E-state index >= 15 is 0 Å². The maximum Gasteiger partial charge on any atom is 0.140 e. The van der Waals surface area contributed by atoms with Gasteiger partial charge in [0.1, 0.15) is 5.78 Å². The van der Waals surface area contributed by atoms with E-state index in [-0.39, 0.29) is 5.78 Å². The summed E-state index contributed by atoms with van der Waals surface area (Å²) in [5, 5.41) is 5.42. The van der Waals surface area contributed by atoms with Crippen LogP contribution in [0.2, 0.25) is 0 Å². The molecule has 1 aromatic heterocycles. The van der Waals surface area contributed by atoms with E-state index < -0.39 is 0 Å². The zero-order valence-corrected chi connectivity index (χ0v) is 9.31. The van der Waals surface area contributed by atoms with Gasteiger partial charge >= 0.3 is 0 Å². The number of carbonyl (C=O) groups excluding carboxylic acids is 1. The maximum atomic E-state index is 11.5. The highest BCUT2D eigenvalue weighted by Gasteiger charge is 2.11. The first kappa shape index (κ1) is 10.8. The second-order valence-electron chi connectivity index (χ2n) is 3.84. The average molecular weight is 217 g/mol. The summed E-state index contributed by atoms with van der Waals surface area (Å²) in [6.07, 6.45) is 0.795. The maximum absolute atomic E-state index is 11.5. The van der Waals surface area contributed by atoms with E-state index in [1.807, 2.05) is 31.3 Å². The van der Waals surface area contributed by atoms with Crippen LogP contribution in [0.15, 0.2) is 24.3 Å². The SMILES string of the molecule is Cn1nc(CC(=O)CCN)c2ccccc21. The fourth-order valence-corrected chi connectivity index (χ4v) is 1.86. The number of aromatic nitrogens is 2. The van der Waals surface area contributed by atoms with Gasteiger partial charge in [-0.3, -0.25) is 9.48 Å². The number of hydrogen-bond donors (Lipinski definition) is 1. The second kappa shape index (κ2) is 4.45. The van der Waals surface area contributed by atoms with Gasteiger partial charge < -0.3 is 5.73 Å². The van der Waals surface area contributed by atoms with Gasteiger partial charge in [0, 0.05) is 18.9 Å². The molecule has 0 radical (unpaired) electrons. The number of rotatable bonds is 4. The van der Waals surface area contributed by atoms with Crippen molar-refractivity contribution in [2.75, 3.05) is 6.54 Å². The van der Waals surface area contributed by atoms with Gasteiger partial charge in [-0.1, -0.05) is 18.2 Å². The third-order valence-electron chi connectivity index (χ3n) is 2.62. The summed E-state index contributed by atoms with van der Waals surface area (Å²) >= 11 is 0. The van der Waals surface area contributed by atoms with Crippen LogP contribution in [0.5, 0.6) is 0 Å². The van der Waals surface area contributed by atoms with Gasteiger partial charge in [-0.05, 0) is 12.6 Å². The number of carbonyl (C=O) groups is 1. The molecule has 0 saturated carbocycles. The zero-order chi connectivity index (χ0) is 11.5. The fourth-order valence-electron chi connectivity index (χ4n) is 1.86. The van der Waals surface area contributed by atoms with E-state index in [9.17, 15) is 4.79 Å². The van der Waals surface area contributed by atoms with Crippen molar-refractivity contribution in [1.29, 1.82) is 0 Å². The monoisotopic (exact) mass is 217 g/mol. The molecule has 0 unspecified atom stereocenters. The molecule has 2 N–H and O–H groups in total. The van der Waals surface area contributed by atoms with Gasteiger partial charge in [0.25, 0.3) is 0 Å². The molecule has 4 nitrogen and oxygen atoms in total. The Morgan fingerprint density at radius 2 is 2.19 bits per heavy atom. The molecule has 0 aliphatic heterocycles. The number of hydrogen-bond acceptors (Lipinski definition) is 3. The molecule has 4 heteroatoms. The summed E-state index contributed by atoms with van der Waals surface area (Å²) in [6, 6.07) is 7.92. The highest BCUT2D eigenvalue weighted by atomic mass is 16.1. The van der Waals surface area contributed by atoms with E-state index in [0.717, 1.165) is 16.6 Å². The highest BCUT2D eigenvalue weighted by molar-refractivity contribution is 5.88. The summed E-state index contributed by atoms with van der Waals surface area (Å²) in [5.41, 5.74) is 7.25. The number of nitrogens with zero attached hydrogens (tertiary/aromatic N) is 2. The first-order chi connectivity index (χ1) is 7.72. The third kappa shape index (κ3) is 1.97. The Morgan fingerprint density at radius 3 is 2.94 bits per heavy atom. The molecule has 0 saturated heterocycles. The number of aryl methyl sites for hydroxylation is 1. The molecule has 0 atom stereocenters. The Kier molecular flexibility index (Phi) is 3.01. The molecule has 2 rings (SSSR count). The van der Waals surface area contributed by atoms with Crippen molar-refractivity contribution < 1.29 is 4.79 Å². The Hall–Kier alpha value is -1.68. The Morgan fingerprint density at radius 1 is 1.44 bits per heavy atom. The van der Waals surface area contributed by atoms with Crippen LogP contribution in [0.1, 0.15) is 12.1 Å². The topological polar surface area (TPSA) is 60.9 Å². The zero-order valence-electron chi connectivity index (χ0n) is 9.31. The minimum Gasteiger partial charge on any atom is -0.330 e. The van der Waals surface area contributed by atoms with Crippen LogP contribution in [0.4, 0.5) is 0 Å². The standard InChI is InChI=1S/C12H15N3O/c1-15-12-5-3-2-4-10(12)11(14-15)8-9(16)6-7-13/h2-5H,6-8,13H2,1H3. The quantitative estimate of drug-likeness (QED) is 0.832. The molecule has 1 aromatic carbocycles. The number of fused-ring (bicyclic) bond motifs is 1. The van der Waals surface area contributed by atoms with Crippen molar-refractivity contribution in [3.63, 3.8) is 0 Å². The Bertz CT molecular complexity index is 516. The molecular weight excluding hydrogens is 202 g/mol. The molecule has 16 heavy (non-hydrogen) atoms. The summed E-state index contributed by atoms with van der Waals surface area (Å²) in [6.45, 7) is 0.406. The van der Waals surface area contributed by atoms with Crippen LogP contribution in [0.25, 0.3) is 10.9 Å². The lowest BCUT2D eigenvalue weighted by Crippen LogP contribution is -2.10. The third-order valence-corrected chi connectivity index (χ3v) is 2.62. The van der Waals surface area contributed by atoms with Gasteiger partial charge in [0.2, 0.25) is 0 Å². The highest BCUT2D eigenvalue weighted by Crippen LogP contribution is 2.18. The molecule has 84 valence electrons. The minimum atomic E-state index is 0.145. The first-order valence-corrected chi connectivity index (χ1v) is 5.34. The number of ketones is 1. The molecule has 1 heterocycles. The average Bonchev–Trinajstić information content (AvgIpc) is 2.57. The summed E-state index contributed by atoms with van der Waals surface area (Å²) in [7, 11) is 1.89. The van der Waals surface area contributed by atoms with Gasteiger partial charge in [0.15, 0.2) is 0 Å². The van der Waals surface area contributed by atoms with E-state index in [1.165, 1.54) is 0 Å². The smallest absolute Gasteiger partial charge is 0.140 e. The largest absolute Gasteiger partial charge is 0.330 e. The molecule has 0 aliphatic rings. The predicted octanol–water partition coefficient (Wildman–Crippen LogP) is 1.03. The Balaban J connectivity index is 2.34. The van der Waals surface area contributed by atoms with Crippen LogP contribution in [0, 0.1) is 0 Å². The summed E-state index contributed by atoms with van der Waals surface area (Å²) < 4.78 is 1.81. The van der Waals surface area contributed by atoms with Crippen LogP contribution in [-0.2, 0) is 18.3 Å². The Labute approximate surface area is 94.0 Å². The molecule has 0 amide bonds. The van der Waals surface area contributed by atoms with E-state index in [2.05, 4.69) is 5.10 Å². The van der Waals surface area contributed by atoms with Gasteiger partial charge in [-0.2, -0.15) is 5.10 Å². The van der Waals surface area contributed by atoms with Crippen molar-refractivity contribution in [3.8, 4) is 0 Å². The predicted molar refractivity (Wildman–Crippen MR) is 63.1 cm³/mol. The van der Waals surface area contributed by atoms with Crippen molar-refractivity contribution in [1.82, 2.24) is 9.78 Å². The number of benzene rings is 1. The molecular formula is C12H15N3O.